The minimum absolute atomic E-state index is 0.000125. The van der Waals surface area contributed by atoms with Crippen molar-refractivity contribution in [2.24, 2.45) is 11.7 Å². The van der Waals surface area contributed by atoms with Crippen molar-refractivity contribution in [3.8, 4) is 0 Å². The van der Waals surface area contributed by atoms with Gasteiger partial charge in [-0.1, -0.05) is 18.6 Å². The zero-order chi connectivity index (χ0) is 19.5. The van der Waals surface area contributed by atoms with Gasteiger partial charge in [0.2, 0.25) is 15.9 Å². The highest BCUT2D eigenvalue weighted by Gasteiger charge is 2.41. The van der Waals surface area contributed by atoms with Crippen LogP contribution in [0.15, 0.2) is 29.2 Å². The summed E-state index contributed by atoms with van der Waals surface area (Å²) < 4.78 is 26.9. The van der Waals surface area contributed by atoms with E-state index < -0.39 is 10.0 Å². The summed E-state index contributed by atoms with van der Waals surface area (Å²) in [6, 6.07) is 6.94. The first-order valence-electron chi connectivity index (χ1n) is 9.95. The molecule has 1 saturated heterocycles. The summed E-state index contributed by atoms with van der Waals surface area (Å²) in [5.74, 6) is 0.491. The van der Waals surface area contributed by atoms with Crippen LogP contribution in [0.4, 0.5) is 0 Å². The first-order valence-corrected chi connectivity index (χ1v) is 11.4. The van der Waals surface area contributed by atoms with Crippen LogP contribution in [0.25, 0.3) is 0 Å². The van der Waals surface area contributed by atoms with Gasteiger partial charge >= 0.3 is 0 Å². The number of nitrogens with one attached hydrogen (secondary N) is 1. The van der Waals surface area contributed by atoms with E-state index in [1.54, 1.807) is 16.4 Å². The Balaban J connectivity index is 1.55. The maximum absolute atomic E-state index is 12.7. The number of benzene rings is 1. The van der Waals surface area contributed by atoms with Crippen molar-refractivity contribution >= 4 is 15.9 Å². The molecule has 6 nitrogen and oxygen atoms in total. The molecular weight excluding hydrogens is 362 g/mol. The van der Waals surface area contributed by atoms with Crippen molar-refractivity contribution in [3.05, 3.63) is 29.8 Å². The predicted octanol–water partition coefficient (Wildman–Crippen LogP) is 2.04. The second-order valence-electron chi connectivity index (χ2n) is 8.05. The second kappa shape index (κ2) is 8.29. The van der Waals surface area contributed by atoms with Gasteiger partial charge in [-0.3, -0.25) is 4.79 Å². The molecule has 1 aromatic rings. The fourth-order valence-corrected chi connectivity index (χ4v) is 5.28. The molecule has 27 heavy (non-hydrogen) atoms. The summed E-state index contributed by atoms with van der Waals surface area (Å²) in [7, 11) is -3.40. The topological polar surface area (TPSA) is 92.5 Å². The van der Waals surface area contributed by atoms with Gasteiger partial charge < -0.3 is 11.1 Å². The number of sulfonamides is 1. The fraction of sp³-hybridized carbons (Fsp3) is 0.650. The molecule has 2 fully saturated rings. The first-order chi connectivity index (χ1) is 12.8. The molecule has 0 bridgehead atoms. The lowest BCUT2D eigenvalue weighted by molar-refractivity contribution is -0.123. The molecule has 0 radical (unpaired) electrons. The number of hydrogen-bond donors (Lipinski definition) is 2. The smallest absolute Gasteiger partial charge is 0.243 e. The summed E-state index contributed by atoms with van der Waals surface area (Å²) in [5.41, 5.74) is 6.51. The average molecular weight is 394 g/mol. The SMILES string of the molecule is CC(CN)(NC(=O)CCc1ccc(S(=O)(=O)N2CCCCC2)cc1)C1CC1. The third-order valence-corrected chi connectivity index (χ3v) is 7.76. The summed E-state index contributed by atoms with van der Waals surface area (Å²) >= 11 is 0. The molecule has 3 rings (SSSR count). The number of nitrogens with zero attached hydrogens (tertiary/aromatic N) is 1. The maximum atomic E-state index is 12.7. The lowest BCUT2D eigenvalue weighted by atomic mass is 9.95. The number of carbonyl (C=O) groups is 1. The van der Waals surface area contributed by atoms with Gasteiger partial charge in [0.05, 0.1) is 10.4 Å². The number of nitrogens with two attached hydrogens (primary N) is 1. The van der Waals surface area contributed by atoms with Gasteiger partial charge in [-0.2, -0.15) is 4.31 Å². The molecule has 1 atom stereocenters. The maximum Gasteiger partial charge on any atom is 0.243 e. The van der Waals surface area contributed by atoms with Crippen molar-refractivity contribution in [3.63, 3.8) is 0 Å². The van der Waals surface area contributed by atoms with Gasteiger partial charge in [0.1, 0.15) is 0 Å². The number of amides is 1. The third-order valence-electron chi connectivity index (χ3n) is 5.84. The molecule has 7 heteroatoms. The minimum Gasteiger partial charge on any atom is -0.349 e. The second-order valence-corrected chi connectivity index (χ2v) is 9.99. The van der Waals surface area contributed by atoms with E-state index in [0.717, 1.165) is 37.7 Å². The monoisotopic (exact) mass is 393 g/mol. The van der Waals surface area contributed by atoms with Gasteiger partial charge in [-0.25, -0.2) is 8.42 Å². The number of hydrogen-bond acceptors (Lipinski definition) is 4. The zero-order valence-electron chi connectivity index (χ0n) is 16.1. The molecule has 1 unspecified atom stereocenters. The van der Waals surface area contributed by atoms with Crippen molar-refractivity contribution in [1.82, 2.24) is 9.62 Å². The highest BCUT2D eigenvalue weighted by atomic mass is 32.2. The van der Waals surface area contributed by atoms with Gasteiger partial charge in [0.15, 0.2) is 0 Å². The van der Waals surface area contributed by atoms with E-state index in [2.05, 4.69) is 5.32 Å². The minimum atomic E-state index is -3.40. The lowest BCUT2D eigenvalue weighted by Gasteiger charge is -2.29. The van der Waals surface area contributed by atoms with Crippen LogP contribution in [0.3, 0.4) is 0 Å². The van der Waals surface area contributed by atoms with E-state index in [4.69, 9.17) is 5.73 Å². The number of aryl methyl sites for hydroxylation is 1. The molecule has 3 N–H and O–H groups in total. The standard InChI is InChI=1S/C20H31N3O3S/c1-20(15-21,17-8-9-17)22-19(24)12-7-16-5-10-18(11-6-16)27(25,26)23-13-3-2-4-14-23/h5-6,10-11,17H,2-4,7-9,12-15,21H2,1H3,(H,22,24). The summed E-state index contributed by atoms with van der Waals surface area (Å²) in [6.07, 6.45) is 6.16. The van der Waals surface area contributed by atoms with Crippen LogP contribution >= 0.6 is 0 Å². The zero-order valence-corrected chi connectivity index (χ0v) is 16.9. The van der Waals surface area contributed by atoms with Gasteiger partial charge in [0, 0.05) is 26.1 Å². The van der Waals surface area contributed by atoms with E-state index >= 15 is 0 Å². The lowest BCUT2D eigenvalue weighted by Crippen LogP contribution is -2.53. The highest BCUT2D eigenvalue weighted by Crippen LogP contribution is 2.39. The Labute approximate surface area is 162 Å². The molecule has 150 valence electrons. The van der Waals surface area contributed by atoms with Gasteiger partial charge in [-0.05, 0) is 62.6 Å². The molecule has 2 aliphatic rings. The van der Waals surface area contributed by atoms with Gasteiger partial charge in [-0.15, -0.1) is 0 Å². The molecule has 1 aliphatic carbocycles. The Morgan fingerprint density at radius 2 is 1.81 bits per heavy atom. The third kappa shape index (κ3) is 4.89. The van der Waals surface area contributed by atoms with Gasteiger partial charge in [0.25, 0.3) is 0 Å². The van der Waals surface area contributed by atoms with Crippen LogP contribution in [0.2, 0.25) is 0 Å². The number of carbonyl (C=O) groups excluding carboxylic acids is 1. The summed E-state index contributed by atoms with van der Waals surface area (Å²) in [6.45, 7) is 3.67. The van der Waals surface area contributed by atoms with Crippen molar-refractivity contribution in [2.45, 2.75) is 62.3 Å². The molecule has 1 saturated carbocycles. The van der Waals surface area contributed by atoms with Crippen LogP contribution in [0.1, 0.15) is 51.0 Å². The predicted molar refractivity (Wildman–Crippen MR) is 106 cm³/mol. The number of piperidine rings is 1. The molecule has 1 aromatic carbocycles. The molecular formula is C20H31N3O3S. The van der Waals surface area contributed by atoms with Crippen LogP contribution in [-0.4, -0.2) is 43.8 Å². The molecule has 1 amide bonds. The molecule has 0 spiro atoms. The van der Waals surface area contributed by atoms with Crippen LogP contribution in [0, 0.1) is 5.92 Å². The van der Waals surface area contributed by atoms with E-state index in [9.17, 15) is 13.2 Å². The number of rotatable bonds is 8. The van der Waals surface area contributed by atoms with E-state index in [-0.39, 0.29) is 11.4 Å². The van der Waals surface area contributed by atoms with Crippen LogP contribution in [-0.2, 0) is 21.2 Å². The summed E-state index contributed by atoms with van der Waals surface area (Å²) in [5, 5.41) is 3.09. The van der Waals surface area contributed by atoms with Crippen LogP contribution in [0.5, 0.6) is 0 Å². The molecule has 0 aromatic heterocycles. The summed E-state index contributed by atoms with van der Waals surface area (Å²) in [4.78, 5) is 12.6. The quantitative estimate of drug-likeness (QED) is 0.707. The van der Waals surface area contributed by atoms with E-state index in [1.165, 1.54) is 0 Å². The Morgan fingerprint density at radius 1 is 1.19 bits per heavy atom. The Bertz CT molecular complexity index is 753. The molecule has 1 aliphatic heterocycles. The Kier molecular flexibility index (Phi) is 6.23. The van der Waals surface area contributed by atoms with Crippen molar-refractivity contribution in [1.29, 1.82) is 0 Å². The molecule has 1 heterocycles. The van der Waals surface area contributed by atoms with E-state index in [0.29, 0.717) is 43.3 Å². The van der Waals surface area contributed by atoms with E-state index in [1.807, 2.05) is 19.1 Å². The van der Waals surface area contributed by atoms with Crippen LogP contribution < -0.4 is 11.1 Å². The highest BCUT2D eigenvalue weighted by molar-refractivity contribution is 7.89. The Morgan fingerprint density at radius 3 is 2.37 bits per heavy atom. The van der Waals surface area contributed by atoms with Crippen molar-refractivity contribution in [2.75, 3.05) is 19.6 Å². The normalized spacial score (nSPS) is 20.8. The first kappa shape index (κ1) is 20.3. The fourth-order valence-electron chi connectivity index (χ4n) is 3.76. The van der Waals surface area contributed by atoms with Crippen molar-refractivity contribution < 1.29 is 13.2 Å². The Hall–Kier alpha value is -1.44. The largest absolute Gasteiger partial charge is 0.349 e. The average Bonchev–Trinajstić information content (AvgIpc) is 3.53.